The highest BCUT2D eigenvalue weighted by Crippen LogP contribution is 2.22. The lowest BCUT2D eigenvalue weighted by molar-refractivity contribution is 0.0949. The summed E-state index contributed by atoms with van der Waals surface area (Å²) in [7, 11) is 0. The molecule has 6 heteroatoms. The quantitative estimate of drug-likeness (QED) is 0.910. The van der Waals surface area contributed by atoms with E-state index in [4.69, 9.17) is 0 Å². The van der Waals surface area contributed by atoms with Gasteiger partial charge in [-0.2, -0.15) is 0 Å². The summed E-state index contributed by atoms with van der Waals surface area (Å²) in [5, 5.41) is 4.66. The molecule has 4 nitrogen and oxygen atoms in total. The van der Waals surface area contributed by atoms with Gasteiger partial charge in [0.05, 0.1) is 6.54 Å². The predicted molar refractivity (Wildman–Crippen MR) is 75.0 cm³/mol. The fraction of sp³-hybridized carbons (Fsp3) is 0.167. The second kappa shape index (κ2) is 5.49. The summed E-state index contributed by atoms with van der Waals surface area (Å²) >= 11 is 4.93. The van der Waals surface area contributed by atoms with Gasteiger partial charge in [-0.15, -0.1) is 11.3 Å². The monoisotopic (exact) mass is 326 g/mol. The minimum absolute atomic E-state index is 0.133. The average molecular weight is 327 g/mol. The zero-order chi connectivity index (χ0) is 13.1. The van der Waals surface area contributed by atoms with Crippen molar-refractivity contribution in [1.82, 2.24) is 10.3 Å². The minimum Gasteiger partial charge on any atom is -0.347 e. The number of amides is 1. The van der Waals surface area contributed by atoms with Crippen LogP contribution in [0.4, 0.5) is 0 Å². The van der Waals surface area contributed by atoms with Crippen molar-refractivity contribution in [2.45, 2.75) is 13.5 Å². The minimum atomic E-state index is -0.364. The number of carbonyl (C=O) groups is 1. The van der Waals surface area contributed by atoms with Crippen LogP contribution in [-0.2, 0) is 6.54 Å². The molecule has 0 unspecified atom stereocenters. The number of H-pyrrole nitrogens is 1. The molecule has 2 aromatic heterocycles. The van der Waals surface area contributed by atoms with Crippen molar-refractivity contribution in [3.63, 3.8) is 0 Å². The lowest BCUT2D eigenvalue weighted by atomic mass is 10.2. The third kappa shape index (κ3) is 2.88. The normalized spacial score (nSPS) is 10.3. The smallest absolute Gasteiger partial charge is 0.260 e. The Bertz CT molecular complexity index is 633. The first-order valence-electron chi connectivity index (χ1n) is 5.28. The van der Waals surface area contributed by atoms with Crippen molar-refractivity contribution in [2.75, 3.05) is 0 Å². The third-order valence-corrected chi connectivity index (χ3v) is 4.33. The molecule has 2 N–H and O–H groups in total. The lowest BCUT2D eigenvalue weighted by Gasteiger charge is -2.04. The molecule has 0 saturated carbocycles. The molecule has 0 radical (unpaired) electrons. The van der Waals surface area contributed by atoms with Gasteiger partial charge in [0.1, 0.15) is 5.56 Å². The Labute approximate surface area is 116 Å². The molecule has 1 amide bonds. The zero-order valence-corrected chi connectivity index (χ0v) is 12.0. The van der Waals surface area contributed by atoms with Gasteiger partial charge in [-0.05, 0) is 46.4 Å². The molecule has 2 aromatic rings. The first-order chi connectivity index (χ1) is 8.58. The number of thiophene rings is 1. The average Bonchev–Trinajstić information content (AvgIpc) is 2.72. The second-order valence-corrected chi connectivity index (χ2v) is 5.61. The Morgan fingerprint density at radius 2 is 2.22 bits per heavy atom. The van der Waals surface area contributed by atoms with Crippen LogP contribution in [0.3, 0.4) is 0 Å². The van der Waals surface area contributed by atoms with Crippen molar-refractivity contribution in [3.8, 4) is 0 Å². The van der Waals surface area contributed by atoms with E-state index in [1.165, 1.54) is 6.07 Å². The van der Waals surface area contributed by atoms with E-state index in [0.29, 0.717) is 6.54 Å². The maximum Gasteiger partial charge on any atom is 0.260 e. The van der Waals surface area contributed by atoms with Crippen LogP contribution in [0.5, 0.6) is 0 Å². The van der Waals surface area contributed by atoms with Gasteiger partial charge >= 0.3 is 0 Å². The molecule has 94 valence electrons. The molecule has 0 spiro atoms. The number of aryl methyl sites for hydroxylation is 1. The van der Waals surface area contributed by atoms with Gasteiger partial charge in [-0.3, -0.25) is 9.59 Å². The molecular formula is C12H11BrN2O2S. The second-order valence-electron chi connectivity index (χ2n) is 3.76. The zero-order valence-electron chi connectivity index (χ0n) is 9.62. The fourth-order valence-corrected chi connectivity index (χ4v) is 2.89. The fourth-order valence-electron chi connectivity index (χ4n) is 1.46. The molecule has 0 atom stereocenters. The summed E-state index contributed by atoms with van der Waals surface area (Å²) in [6.45, 7) is 2.18. The number of pyridine rings is 1. The SMILES string of the molecule is Cc1ccc(C(=O)NCc2sccc2Br)c(=O)[nH]1. The van der Waals surface area contributed by atoms with Gasteiger partial charge in [0.15, 0.2) is 0 Å². The number of aromatic nitrogens is 1. The first-order valence-corrected chi connectivity index (χ1v) is 6.95. The van der Waals surface area contributed by atoms with Crippen LogP contribution >= 0.6 is 27.3 Å². The van der Waals surface area contributed by atoms with Gasteiger partial charge in [0, 0.05) is 15.0 Å². The van der Waals surface area contributed by atoms with E-state index in [9.17, 15) is 9.59 Å². The van der Waals surface area contributed by atoms with Gasteiger partial charge in [0.2, 0.25) is 0 Å². The Morgan fingerprint density at radius 1 is 1.44 bits per heavy atom. The maximum absolute atomic E-state index is 11.8. The standard InChI is InChI=1S/C12H11BrN2O2S/c1-7-2-3-8(12(17)15-7)11(16)14-6-10-9(13)4-5-18-10/h2-5H,6H2,1H3,(H,14,16)(H,15,17). The van der Waals surface area contributed by atoms with Crippen LogP contribution in [0.1, 0.15) is 20.9 Å². The number of nitrogens with one attached hydrogen (secondary N) is 2. The summed E-state index contributed by atoms with van der Waals surface area (Å²) in [6.07, 6.45) is 0. The Hall–Kier alpha value is -1.40. The number of halogens is 1. The van der Waals surface area contributed by atoms with Gasteiger partial charge in [0.25, 0.3) is 11.5 Å². The van der Waals surface area contributed by atoms with E-state index in [2.05, 4.69) is 26.2 Å². The highest BCUT2D eigenvalue weighted by atomic mass is 79.9. The van der Waals surface area contributed by atoms with E-state index in [1.54, 1.807) is 24.3 Å². The van der Waals surface area contributed by atoms with Crippen LogP contribution < -0.4 is 10.9 Å². The van der Waals surface area contributed by atoms with Gasteiger partial charge < -0.3 is 10.3 Å². The Kier molecular flexibility index (Phi) is 3.98. The predicted octanol–water partition coefficient (Wildman–Crippen LogP) is 2.44. The van der Waals surface area contributed by atoms with Crippen molar-refractivity contribution in [3.05, 3.63) is 54.5 Å². The van der Waals surface area contributed by atoms with Crippen LogP contribution in [0.2, 0.25) is 0 Å². The van der Waals surface area contributed by atoms with Crippen LogP contribution in [0.15, 0.2) is 32.8 Å². The van der Waals surface area contributed by atoms with Gasteiger partial charge in [-0.1, -0.05) is 0 Å². The Morgan fingerprint density at radius 3 is 2.83 bits per heavy atom. The highest BCUT2D eigenvalue weighted by molar-refractivity contribution is 9.10. The molecule has 0 aromatic carbocycles. The van der Waals surface area contributed by atoms with Crippen molar-refractivity contribution in [2.24, 2.45) is 0 Å². The molecule has 0 bridgehead atoms. The van der Waals surface area contributed by atoms with E-state index in [-0.39, 0.29) is 17.0 Å². The summed E-state index contributed by atoms with van der Waals surface area (Å²) in [6, 6.07) is 5.16. The molecule has 0 fully saturated rings. The van der Waals surface area contributed by atoms with E-state index < -0.39 is 0 Å². The summed E-state index contributed by atoms with van der Waals surface area (Å²) < 4.78 is 0.964. The number of hydrogen-bond donors (Lipinski definition) is 2. The van der Waals surface area contributed by atoms with E-state index in [0.717, 1.165) is 15.0 Å². The molecule has 0 aliphatic heterocycles. The van der Waals surface area contributed by atoms with Gasteiger partial charge in [-0.25, -0.2) is 0 Å². The third-order valence-electron chi connectivity index (χ3n) is 2.40. The number of carbonyl (C=O) groups excluding carboxylic acids is 1. The molecule has 18 heavy (non-hydrogen) atoms. The maximum atomic E-state index is 11.8. The largest absolute Gasteiger partial charge is 0.347 e. The molecule has 0 aliphatic carbocycles. The van der Waals surface area contributed by atoms with Crippen LogP contribution in [0, 0.1) is 6.92 Å². The van der Waals surface area contributed by atoms with Crippen molar-refractivity contribution < 1.29 is 4.79 Å². The topological polar surface area (TPSA) is 62.0 Å². The summed E-state index contributed by atoms with van der Waals surface area (Å²) in [4.78, 5) is 27.0. The van der Waals surface area contributed by atoms with Crippen molar-refractivity contribution in [1.29, 1.82) is 0 Å². The first kappa shape index (κ1) is 13.0. The Balaban J connectivity index is 2.09. The van der Waals surface area contributed by atoms with Crippen molar-refractivity contribution >= 4 is 33.2 Å². The molecular weight excluding hydrogens is 316 g/mol. The number of hydrogen-bond acceptors (Lipinski definition) is 3. The number of rotatable bonds is 3. The molecule has 2 rings (SSSR count). The molecule has 0 saturated heterocycles. The van der Waals surface area contributed by atoms with Crippen LogP contribution in [0.25, 0.3) is 0 Å². The van der Waals surface area contributed by atoms with Crippen LogP contribution in [-0.4, -0.2) is 10.9 Å². The summed E-state index contributed by atoms with van der Waals surface area (Å²) in [5.41, 5.74) is 0.503. The lowest BCUT2D eigenvalue weighted by Crippen LogP contribution is -2.29. The molecule has 0 aliphatic rings. The van der Waals surface area contributed by atoms with E-state index in [1.807, 2.05) is 11.4 Å². The number of aromatic amines is 1. The summed E-state index contributed by atoms with van der Waals surface area (Å²) in [5.74, 6) is -0.364. The highest BCUT2D eigenvalue weighted by Gasteiger charge is 2.10. The van der Waals surface area contributed by atoms with E-state index >= 15 is 0 Å². The molecule has 2 heterocycles.